The van der Waals surface area contributed by atoms with Gasteiger partial charge in [0.1, 0.15) is 11.6 Å². The van der Waals surface area contributed by atoms with Crippen molar-refractivity contribution in [2.75, 3.05) is 11.9 Å². The van der Waals surface area contributed by atoms with E-state index < -0.39 is 0 Å². The molecule has 2 nitrogen and oxygen atoms in total. The predicted octanol–water partition coefficient (Wildman–Crippen LogP) is 3.73. The minimum atomic E-state index is -0.269. The topological polar surface area (TPSA) is 24.9 Å². The summed E-state index contributed by atoms with van der Waals surface area (Å²) >= 11 is 3.39. The number of pyridine rings is 1. The summed E-state index contributed by atoms with van der Waals surface area (Å²) in [5.41, 5.74) is 0. The summed E-state index contributed by atoms with van der Waals surface area (Å²) in [6.45, 7) is 4.21. The van der Waals surface area contributed by atoms with Gasteiger partial charge in [0.25, 0.3) is 0 Å². The molecular formula is C12H10BrFN2. The van der Waals surface area contributed by atoms with Gasteiger partial charge in [-0.3, -0.25) is 0 Å². The van der Waals surface area contributed by atoms with Crippen LogP contribution in [0.4, 0.5) is 10.2 Å². The SMILES string of the molecule is C=CCNc1ncc(Br)c2ccc(F)cc12. The monoisotopic (exact) mass is 280 g/mol. The molecule has 0 bridgehead atoms. The van der Waals surface area contributed by atoms with Crippen LogP contribution in [0.1, 0.15) is 0 Å². The van der Waals surface area contributed by atoms with Gasteiger partial charge in [0, 0.05) is 28.0 Å². The largest absolute Gasteiger partial charge is 0.366 e. The summed E-state index contributed by atoms with van der Waals surface area (Å²) in [6.07, 6.45) is 3.43. The molecule has 0 amide bonds. The first-order valence-corrected chi connectivity index (χ1v) is 5.60. The van der Waals surface area contributed by atoms with Gasteiger partial charge in [0.15, 0.2) is 0 Å². The number of nitrogens with zero attached hydrogens (tertiary/aromatic N) is 1. The molecule has 4 heteroatoms. The molecule has 1 aromatic carbocycles. The van der Waals surface area contributed by atoms with E-state index in [0.29, 0.717) is 12.4 Å². The van der Waals surface area contributed by atoms with Gasteiger partial charge in [-0.25, -0.2) is 9.37 Å². The standard InChI is InChI=1S/C12H10BrFN2/c1-2-5-15-12-10-6-8(14)3-4-9(10)11(13)7-16-12/h2-4,6-7H,1,5H2,(H,15,16). The van der Waals surface area contributed by atoms with Crippen molar-refractivity contribution >= 4 is 32.5 Å². The average Bonchev–Trinajstić information content (AvgIpc) is 2.28. The van der Waals surface area contributed by atoms with Crippen LogP contribution in [-0.2, 0) is 0 Å². The number of hydrogen-bond acceptors (Lipinski definition) is 2. The molecule has 0 fully saturated rings. The molecule has 0 radical (unpaired) electrons. The van der Waals surface area contributed by atoms with Crippen molar-refractivity contribution in [3.05, 3.63) is 47.3 Å². The van der Waals surface area contributed by atoms with E-state index in [9.17, 15) is 4.39 Å². The maximum atomic E-state index is 13.2. The van der Waals surface area contributed by atoms with Crippen LogP contribution >= 0.6 is 15.9 Å². The quantitative estimate of drug-likeness (QED) is 0.867. The van der Waals surface area contributed by atoms with E-state index >= 15 is 0 Å². The number of fused-ring (bicyclic) bond motifs is 1. The molecule has 2 rings (SSSR count). The molecule has 1 N–H and O–H groups in total. The molecule has 0 spiro atoms. The van der Waals surface area contributed by atoms with Crippen LogP contribution in [0, 0.1) is 5.82 Å². The summed E-state index contributed by atoms with van der Waals surface area (Å²) in [7, 11) is 0. The van der Waals surface area contributed by atoms with Gasteiger partial charge in [-0.15, -0.1) is 6.58 Å². The number of hydrogen-bond donors (Lipinski definition) is 1. The van der Waals surface area contributed by atoms with E-state index in [1.54, 1.807) is 18.3 Å². The van der Waals surface area contributed by atoms with E-state index in [-0.39, 0.29) is 5.82 Å². The Bertz CT molecular complexity index is 540. The van der Waals surface area contributed by atoms with Crippen molar-refractivity contribution in [2.24, 2.45) is 0 Å². The lowest BCUT2D eigenvalue weighted by molar-refractivity contribution is 0.629. The summed E-state index contributed by atoms with van der Waals surface area (Å²) < 4.78 is 14.0. The molecule has 2 aromatic rings. The molecule has 0 aliphatic rings. The molecule has 0 atom stereocenters. The van der Waals surface area contributed by atoms with E-state index in [0.717, 1.165) is 15.2 Å². The number of nitrogens with one attached hydrogen (secondary N) is 1. The van der Waals surface area contributed by atoms with Gasteiger partial charge in [-0.1, -0.05) is 12.1 Å². The van der Waals surface area contributed by atoms with Crippen molar-refractivity contribution in [2.45, 2.75) is 0 Å². The highest BCUT2D eigenvalue weighted by Gasteiger charge is 2.06. The number of halogens is 2. The number of benzene rings is 1. The summed E-state index contributed by atoms with van der Waals surface area (Å²) in [5.74, 6) is 0.395. The number of anilines is 1. The Morgan fingerprint density at radius 3 is 3.00 bits per heavy atom. The lowest BCUT2D eigenvalue weighted by Gasteiger charge is -2.08. The van der Waals surface area contributed by atoms with Crippen LogP contribution in [0.3, 0.4) is 0 Å². The summed E-state index contributed by atoms with van der Waals surface area (Å²) in [6, 6.07) is 4.64. The van der Waals surface area contributed by atoms with E-state index in [1.807, 2.05) is 0 Å². The fourth-order valence-corrected chi connectivity index (χ4v) is 1.94. The Labute approximate surface area is 101 Å². The second-order valence-electron chi connectivity index (χ2n) is 3.31. The van der Waals surface area contributed by atoms with Gasteiger partial charge in [0.05, 0.1) is 0 Å². The Kier molecular flexibility index (Phi) is 3.19. The van der Waals surface area contributed by atoms with Crippen molar-refractivity contribution in [3.8, 4) is 0 Å². The van der Waals surface area contributed by atoms with Gasteiger partial charge < -0.3 is 5.32 Å². The van der Waals surface area contributed by atoms with Gasteiger partial charge in [-0.05, 0) is 28.1 Å². The fraction of sp³-hybridized carbons (Fsp3) is 0.0833. The van der Waals surface area contributed by atoms with Crippen LogP contribution < -0.4 is 5.32 Å². The van der Waals surface area contributed by atoms with Crippen LogP contribution in [-0.4, -0.2) is 11.5 Å². The third-order valence-corrected chi connectivity index (χ3v) is 2.85. The zero-order chi connectivity index (χ0) is 11.5. The van der Waals surface area contributed by atoms with Gasteiger partial charge in [-0.2, -0.15) is 0 Å². The Morgan fingerprint density at radius 2 is 2.25 bits per heavy atom. The van der Waals surface area contributed by atoms with E-state index in [2.05, 4.69) is 32.8 Å². The molecule has 82 valence electrons. The van der Waals surface area contributed by atoms with Gasteiger partial charge >= 0.3 is 0 Å². The molecule has 1 heterocycles. The number of rotatable bonds is 3. The summed E-state index contributed by atoms with van der Waals surface area (Å²) in [4.78, 5) is 4.21. The van der Waals surface area contributed by atoms with Crippen LogP contribution in [0.15, 0.2) is 41.5 Å². The minimum Gasteiger partial charge on any atom is -0.366 e. The Morgan fingerprint density at radius 1 is 1.44 bits per heavy atom. The van der Waals surface area contributed by atoms with E-state index in [4.69, 9.17) is 0 Å². The lowest BCUT2D eigenvalue weighted by atomic mass is 10.1. The first-order chi connectivity index (χ1) is 7.72. The highest BCUT2D eigenvalue weighted by atomic mass is 79.9. The molecule has 16 heavy (non-hydrogen) atoms. The third kappa shape index (κ3) is 2.07. The highest BCUT2D eigenvalue weighted by molar-refractivity contribution is 9.10. The lowest BCUT2D eigenvalue weighted by Crippen LogP contribution is -2.01. The normalized spacial score (nSPS) is 10.4. The van der Waals surface area contributed by atoms with Crippen molar-refractivity contribution in [1.82, 2.24) is 4.98 Å². The molecule has 0 saturated carbocycles. The van der Waals surface area contributed by atoms with Gasteiger partial charge in [0.2, 0.25) is 0 Å². The maximum absolute atomic E-state index is 13.2. The summed E-state index contributed by atoms with van der Waals surface area (Å²) in [5, 5.41) is 4.77. The van der Waals surface area contributed by atoms with Crippen LogP contribution in [0.25, 0.3) is 10.8 Å². The molecular weight excluding hydrogens is 271 g/mol. The maximum Gasteiger partial charge on any atom is 0.134 e. The van der Waals surface area contributed by atoms with E-state index in [1.165, 1.54) is 12.1 Å². The predicted molar refractivity (Wildman–Crippen MR) is 68.1 cm³/mol. The van der Waals surface area contributed by atoms with Crippen LogP contribution in [0.5, 0.6) is 0 Å². The van der Waals surface area contributed by atoms with Crippen LogP contribution in [0.2, 0.25) is 0 Å². The molecule has 0 aliphatic heterocycles. The molecule has 0 unspecified atom stereocenters. The zero-order valence-corrected chi connectivity index (χ0v) is 10.1. The Balaban J connectivity index is 2.60. The van der Waals surface area contributed by atoms with Crippen molar-refractivity contribution in [3.63, 3.8) is 0 Å². The first kappa shape index (κ1) is 11.1. The average molecular weight is 281 g/mol. The smallest absolute Gasteiger partial charge is 0.134 e. The minimum absolute atomic E-state index is 0.269. The zero-order valence-electron chi connectivity index (χ0n) is 8.50. The second kappa shape index (κ2) is 4.61. The third-order valence-electron chi connectivity index (χ3n) is 2.21. The van der Waals surface area contributed by atoms with Crippen molar-refractivity contribution < 1.29 is 4.39 Å². The molecule has 0 saturated heterocycles. The molecule has 0 aliphatic carbocycles. The van der Waals surface area contributed by atoms with Crippen molar-refractivity contribution in [1.29, 1.82) is 0 Å². The fourth-order valence-electron chi connectivity index (χ4n) is 1.49. The molecule has 1 aromatic heterocycles. The highest BCUT2D eigenvalue weighted by Crippen LogP contribution is 2.28. The number of aromatic nitrogens is 1. The Hall–Kier alpha value is -1.42. The second-order valence-corrected chi connectivity index (χ2v) is 4.17. The first-order valence-electron chi connectivity index (χ1n) is 4.81.